The van der Waals surface area contributed by atoms with Crippen LogP contribution >= 0.6 is 23.8 Å². The Morgan fingerprint density at radius 2 is 1.96 bits per heavy atom. The largest absolute Gasteiger partial charge is 0.496 e. The fraction of sp³-hybridized carbons (Fsp3) is 0.133. The summed E-state index contributed by atoms with van der Waals surface area (Å²) in [7, 11) is 1.44. The number of nitrogens with one attached hydrogen (secondary N) is 2. The summed E-state index contributed by atoms with van der Waals surface area (Å²) in [5.41, 5.74) is 1.71. The highest BCUT2D eigenvalue weighted by Crippen LogP contribution is 2.29. The van der Waals surface area contributed by atoms with Gasteiger partial charge in [-0.25, -0.2) is 0 Å². The lowest BCUT2D eigenvalue weighted by atomic mass is 10.2. The molecular formula is C15H14ClN3O3S. The normalized spacial score (nSPS) is 10.0. The summed E-state index contributed by atoms with van der Waals surface area (Å²) in [5.74, 6) is 0.395. The molecule has 0 fully saturated rings. The van der Waals surface area contributed by atoms with E-state index in [1.54, 1.807) is 18.2 Å². The number of nitrogens with zero attached hydrogens (tertiary/aromatic N) is 1. The Morgan fingerprint density at radius 1 is 1.26 bits per heavy atom. The van der Waals surface area contributed by atoms with Gasteiger partial charge in [-0.2, -0.15) is 0 Å². The van der Waals surface area contributed by atoms with Gasteiger partial charge in [-0.1, -0.05) is 17.7 Å². The fourth-order valence-corrected chi connectivity index (χ4v) is 2.31. The van der Waals surface area contributed by atoms with Crippen LogP contribution in [0.2, 0.25) is 5.02 Å². The maximum Gasteiger partial charge on any atom is 0.296 e. The Morgan fingerprint density at radius 3 is 2.61 bits per heavy atom. The average Bonchev–Trinajstić information content (AvgIpc) is 2.52. The number of halogens is 1. The number of nitro benzene ring substituents is 1. The lowest BCUT2D eigenvalue weighted by Gasteiger charge is -2.13. The van der Waals surface area contributed by atoms with Crippen molar-refractivity contribution in [3.05, 3.63) is 57.1 Å². The number of hydrogen-bond acceptors (Lipinski definition) is 4. The molecule has 0 radical (unpaired) electrons. The zero-order chi connectivity index (χ0) is 17.0. The van der Waals surface area contributed by atoms with Crippen LogP contribution in [0, 0.1) is 17.0 Å². The number of methoxy groups -OCH3 is 1. The van der Waals surface area contributed by atoms with Gasteiger partial charge in [-0.15, -0.1) is 0 Å². The molecule has 0 saturated heterocycles. The van der Waals surface area contributed by atoms with Gasteiger partial charge in [0.25, 0.3) is 5.69 Å². The van der Waals surface area contributed by atoms with Gasteiger partial charge >= 0.3 is 0 Å². The quantitative estimate of drug-likeness (QED) is 0.484. The smallest absolute Gasteiger partial charge is 0.296 e. The molecule has 2 N–H and O–H groups in total. The van der Waals surface area contributed by atoms with E-state index in [1.165, 1.54) is 19.2 Å². The Kier molecular flexibility index (Phi) is 5.36. The first kappa shape index (κ1) is 17.0. The highest BCUT2D eigenvalue weighted by molar-refractivity contribution is 7.80. The molecule has 8 heteroatoms. The highest BCUT2D eigenvalue weighted by Gasteiger charge is 2.16. The molecule has 2 rings (SSSR count). The summed E-state index contributed by atoms with van der Waals surface area (Å²) in [5, 5.41) is 17.8. The number of nitro groups is 1. The van der Waals surface area contributed by atoms with Crippen LogP contribution in [0.3, 0.4) is 0 Å². The van der Waals surface area contributed by atoms with E-state index in [2.05, 4.69) is 10.6 Å². The second-order valence-corrected chi connectivity index (χ2v) is 5.45. The standard InChI is InChI=1S/C15H14ClN3O3S/c1-9-11(16)4-3-5-12(9)17-15(23)18-13-7-6-10(22-2)8-14(13)19(20)21/h3-8H,1-2H3,(H2,17,18,23). The van der Waals surface area contributed by atoms with E-state index >= 15 is 0 Å². The van der Waals surface area contributed by atoms with E-state index < -0.39 is 4.92 Å². The van der Waals surface area contributed by atoms with Crippen LogP contribution in [-0.2, 0) is 0 Å². The maximum atomic E-state index is 11.2. The number of benzene rings is 2. The predicted molar refractivity (Wildman–Crippen MR) is 95.7 cm³/mol. The summed E-state index contributed by atoms with van der Waals surface area (Å²) < 4.78 is 4.99. The summed E-state index contributed by atoms with van der Waals surface area (Å²) in [6.07, 6.45) is 0. The third kappa shape index (κ3) is 4.08. The van der Waals surface area contributed by atoms with Crippen LogP contribution in [0.5, 0.6) is 5.75 Å². The van der Waals surface area contributed by atoms with Gasteiger partial charge in [0.2, 0.25) is 0 Å². The second-order valence-electron chi connectivity index (χ2n) is 4.63. The van der Waals surface area contributed by atoms with Gasteiger partial charge in [0.05, 0.1) is 18.1 Å². The number of thiocarbonyl (C=S) groups is 1. The molecule has 0 saturated carbocycles. The van der Waals surface area contributed by atoms with Crippen LogP contribution in [0.1, 0.15) is 5.56 Å². The van der Waals surface area contributed by atoms with Crippen LogP contribution < -0.4 is 15.4 Å². The Bertz CT molecular complexity index is 768. The highest BCUT2D eigenvalue weighted by atomic mass is 35.5. The molecule has 0 spiro atoms. The van der Waals surface area contributed by atoms with Gasteiger partial charge in [0, 0.05) is 10.7 Å². The molecule has 0 atom stereocenters. The zero-order valence-electron chi connectivity index (χ0n) is 12.4. The van der Waals surface area contributed by atoms with Crippen molar-refractivity contribution in [2.24, 2.45) is 0 Å². The average molecular weight is 352 g/mol. The van der Waals surface area contributed by atoms with Crippen molar-refractivity contribution in [1.29, 1.82) is 0 Å². The first-order valence-electron chi connectivity index (χ1n) is 6.58. The molecule has 120 valence electrons. The first-order valence-corrected chi connectivity index (χ1v) is 7.36. The van der Waals surface area contributed by atoms with Crippen molar-refractivity contribution in [2.75, 3.05) is 17.7 Å². The number of rotatable bonds is 4. The van der Waals surface area contributed by atoms with E-state index in [0.29, 0.717) is 10.8 Å². The molecular weight excluding hydrogens is 338 g/mol. The van der Waals surface area contributed by atoms with Crippen molar-refractivity contribution < 1.29 is 9.66 Å². The van der Waals surface area contributed by atoms with Gasteiger partial charge in [0.15, 0.2) is 5.11 Å². The molecule has 0 amide bonds. The Balaban J connectivity index is 2.20. The van der Waals surface area contributed by atoms with E-state index in [9.17, 15) is 10.1 Å². The molecule has 2 aromatic carbocycles. The molecule has 0 unspecified atom stereocenters. The second kappa shape index (κ2) is 7.26. The summed E-state index contributed by atoms with van der Waals surface area (Å²) in [6, 6.07) is 9.86. The van der Waals surface area contributed by atoms with Crippen LogP contribution in [0.25, 0.3) is 0 Å². The Labute approximate surface area is 143 Å². The first-order chi connectivity index (χ1) is 10.9. The van der Waals surface area contributed by atoms with E-state index in [0.717, 1.165) is 11.3 Å². The Hall–Kier alpha value is -2.38. The number of anilines is 2. The summed E-state index contributed by atoms with van der Waals surface area (Å²) in [6.45, 7) is 1.85. The van der Waals surface area contributed by atoms with Crippen molar-refractivity contribution >= 4 is 46.0 Å². The van der Waals surface area contributed by atoms with Gasteiger partial charge < -0.3 is 15.4 Å². The SMILES string of the molecule is COc1ccc(NC(=S)Nc2cccc(Cl)c2C)c([N+](=O)[O-])c1. The van der Waals surface area contributed by atoms with Gasteiger partial charge in [-0.3, -0.25) is 10.1 Å². The molecule has 23 heavy (non-hydrogen) atoms. The molecule has 0 bridgehead atoms. The fourth-order valence-electron chi connectivity index (χ4n) is 1.91. The van der Waals surface area contributed by atoms with E-state index in [4.69, 9.17) is 28.6 Å². The molecule has 0 aliphatic carbocycles. The third-order valence-corrected chi connectivity index (χ3v) is 3.78. The summed E-state index contributed by atoms with van der Waals surface area (Å²) in [4.78, 5) is 10.7. The van der Waals surface area contributed by atoms with Crippen molar-refractivity contribution in [2.45, 2.75) is 6.92 Å². The van der Waals surface area contributed by atoms with Gasteiger partial charge in [0.1, 0.15) is 11.4 Å². The number of hydrogen-bond donors (Lipinski definition) is 2. The van der Waals surface area contributed by atoms with Crippen LogP contribution in [-0.4, -0.2) is 17.1 Å². The van der Waals surface area contributed by atoms with Crippen LogP contribution in [0.4, 0.5) is 17.1 Å². The zero-order valence-corrected chi connectivity index (χ0v) is 14.0. The van der Waals surface area contributed by atoms with E-state index in [-0.39, 0.29) is 16.5 Å². The minimum atomic E-state index is -0.502. The van der Waals surface area contributed by atoms with Crippen molar-refractivity contribution in [3.63, 3.8) is 0 Å². The third-order valence-electron chi connectivity index (χ3n) is 3.17. The minimum Gasteiger partial charge on any atom is -0.496 e. The molecule has 2 aromatic rings. The summed E-state index contributed by atoms with van der Waals surface area (Å²) >= 11 is 11.3. The molecule has 0 aromatic heterocycles. The number of ether oxygens (including phenoxy) is 1. The van der Waals surface area contributed by atoms with Crippen LogP contribution in [0.15, 0.2) is 36.4 Å². The topological polar surface area (TPSA) is 76.4 Å². The predicted octanol–water partition coefficient (Wildman–Crippen LogP) is 4.37. The molecule has 0 heterocycles. The lowest BCUT2D eigenvalue weighted by Crippen LogP contribution is -2.20. The maximum absolute atomic E-state index is 11.2. The van der Waals surface area contributed by atoms with Crippen molar-refractivity contribution in [1.82, 2.24) is 0 Å². The molecule has 0 aliphatic heterocycles. The van der Waals surface area contributed by atoms with Gasteiger partial charge in [-0.05, 0) is 49.0 Å². The van der Waals surface area contributed by atoms with E-state index in [1.807, 2.05) is 13.0 Å². The monoisotopic (exact) mass is 351 g/mol. The molecule has 0 aliphatic rings. The van der Waals surface area contributed by atoms with Crippen molar-refractivity contribution in [3.8, 4) is 5.75 Å². The lowest BCUT2D eigenvalue weighted by molar-refractivity contribution is -0.384. The minimum absolute atomic E-state index is 0.128. The molecule has 6 nitrogen and oxygen atoms in total.